The second kappa shape index (κ2) is 11.1. The third kappa shape index (κ3) is 8.14. The highest BCUT2D eigenvalue weighted by atomic mass is 32.1. The number of nitrogens with one attached hydrogen (secondary N) is 2. The number of hydrogen-bond acceptors (Lipinski definition) is 5. The molecule has 0 unspecified atom stereocenters. The summed E-state index contributed by atoms with van der Waals surface area (Å²) < 4.78 is 5.83. The van der Waals surface area contributed by atoms with Crippen LogP contribution in [0.1, 0.15) is 93.7 Å². The molecule has 0 radical (unpaired) electrons. The molecule has 0 bridgehead atoms. The Bertz CT molecular complexity index is 923. The van der Waals surface area contributed by atoms with Crippen molar-refractivity contribution in [1.29, 1.82) is 0 Å². The average Bonchev–Trinajstić information content (AvgIpc) is 3.22. The summed E-state index contributed by atoms with van der Waals surface area (Å²) in [5.74, 6) is 1.26. The lowest BCUT2D eigenvalue weighted by Gasteiger charge is -2.30. The highest BCUT2D eigenvalue weighted by Crippen LogP contribution is 2.23. The van der Waals surface area contributed by atoms with Gasteiger partial charge in [-0.3, -0.25) is 9.59 Å². The monoisotopic (exact) mass is 471 g/mol. The summed E-state index contributed by atoms with van der Waals surface area (Å²) in [5, 5.41) is 8.81. The summed E-state index contributed by atoms with van der Waals surface area (Å²) in [4.78, 5) is 29.3. The fourth-order valence-electron chi connectivity index (χ4n) is 3.98. The van der Waals surface area contributed by atoms with Gasteiger partial charge in [0.05, 0.1) is 0 Å². The van der Waals surface area contributed by atoms with Crippen LogP contribution in [0.3, 0.4) is 0 Å². The second-order valence-electron chi connectivity index (χ2n) is 10.5. The fraction of sp³-hybridized carbons (Fsp3) is 0.577. The standard InChI is InChI=1S/C26H37N3O3S/c1-17(2)18-6-12-21(13-7-18)32-15-24-29-22(16-33-24)25(31)28-20-10-8-19(9-11-20)27-23(30)14-26(3,4)5/h6-7,12-13,16-17,19-20H,8-11,14-15H2,1-5H3,(H,27,30)(H,28,31). The van der Waals surface area contributed by atoms with Gasteiger partial charge in [-0.1, -0.05) is 46.8 Å². The third-order valence-corrected chi connectivity index (χ3v) is 6.63. The Morgan fingerprint density at radius 1 is 1.06 bits per heavy atom. The van der Waals surface area contributed by atoms with E-state index in [9.17, 15) is 9.59 Å². The van der Waals surface area contributed by atoms with Crippen LogP contribution in [0, 0.1) is 5.41 Å². The molecule has 1 heterocycles. The predicted molar refractivity (Wildman–Crippen MR) is 133 cm³/mol. The van der Waals surface area contributed by atoms with Crippen molar-refractivity contribution in [2.75, 3.05) is 0 Å². The lowest BCUT2D eigenvalue weighted by molar-refractivity contribution is -0.123. The van der Waals surface area contributed by atoms with Gasteiger partial charge in [-0.15, -0.1) is 11.3 Å². The molecular formula is C26H37N3O3S. The molecule has 0 saturated heterocycles. The minimum atomic E-state index is -0.140. The minimum Gasteiger partial charge on any atom is -0.486 e. The van der Waals surface area contributed by atoms with E-state index in [1.54, 1.807) is 5.38 Å². The summed E-state index contributed by atoms with van der Waals surface area (Å²) in [5.41, 5.74) is 1.71. The highest BCUT2D eigenvalue weighted by Gasteiger charge is 2.25. The topological polar surface area (TPSA) is 80.3 Å². The maximum absolute atomic E-state index is 12.6. The molecule has 0 aliphatic heterocycles. The van der Waals surface area contributed by atoms with E-state index in [4.69, 9.17) is 4.74 Å². The van der Waals surface area contributed by atoms with Crippen molar-refractivity contribution in [1.82, 2.24) is 15.6 Å². The number of amides is 2. The molecule has 0 atom stereocenters. The Balaban J connectivity index is 1.41. The molecular weight excluding hydrogens is 434 g/mol. The van der Waals surface area contributed by atoms with E-state index in [2.05, 4.69) is 62.4 Å². The molecule has 1 fully saturated rings. The Morgan fingerprint density at radius 2 is 1.67 bits per heavy atom. The zero-order valence-electron chi connectivity index (χ0n) is 20.4. The van der Waals surface area contributed by atoms with Crippen LogP contribution in [0.4, 0.5) is 0 Å². The van der Waals surface area contributed by atoms with E-state index >= 15 is 0 Å². The van der Waals surface area contributed by atoms with Crippen LogP contribution in [-0.4, -0.2) is 28.9 Å². The lowest BCUT2D eigenvalue weighted by Crippen LogP contribution is -2.44. The molecule has 2 aromatic rings. The van der Waals surface area contributed by atoms with Crippen LogP contribution < -0.4 is 15.4 Å². The van der Waals surface area contributed by atoms with Crippen LogP contribution in [0.2, 0.25) is 0 Å². The number of carbonyl (C=O) groups is 2. The second-order valence-corrected chi connectivity index (χ2v) is 11.4. The Labute approximate surface area is 201 Å². The molecule has 2 amide bonds. The van der Waals surface area contributed by atoms with Gasteiger partial charge >= 0.3 is 0 Å². The van der Waals surface area contributed by atoms with Gasteiger partial charge in [0.25, 0.3) is 5.91 Å². The van der Waals surface area contributed by atoms with Crippen molar-refractivity contribution < 1.29 is 14.3 Å². The molecule has 3 rings (SSSR count). The summed E-state index contributed by atoms with van der Waals surface area (Å²) in [7, 11) is 0. The molecule has 1 aromatic heterocycles. The first-order valence-corrected chi connectivity index (χ1v) is 12.7. The molecule has 1 saturated carbocycles. The van der Waals surface area contributed by atoms with E-state index in [-0.39, 0.29) is 29.3 Å². The molecule has 180 valence electrons. The van der Waals surface area contributed by atoms with Gasteiger partial charge in [-0.25, -0.2) is 4.98 Å². The number of carbonyl (C=O) groups excluding carboxylic acids is 2. The molecule has 33 heavy (non-hydrogen) atoms. The number of aromatic nitrogens is 1. The first-order valence-electron chi connectivity index (χ1n) is 11.9. The van der Waals surface area contributed by atoms with Crippen molar-refractivity contribution in [2.45, 2.75) is 91.3 Å². The maximum atomic E-state index is 12.6. The van der Waals surface area contributed by atoms with Crippen LogP contribution in [0.15, 0.2) is 29.6 Å². The van der Waals surface area contributed by atoms with Gasteiger partial charge < -0.3 is 15.4 Å². The quantitative estimate of drug-likeness (QED) is 0.537. The Morgan fingerprint density at radius 3 is 2.24 bits per heavy atom. The normalized spacial score (nSPS) is 18.7. The molecule has 1 aliphatic rings. The predicted octanol–water partition coefficient (Wildman–Crippen LogP) is 5.44. The van der Waals surface area contributed by atoms with Crippen molar-refractivity contribution in [2.24, 2.45) is 5.41 Å². The van der Waals surface area contributed by atoms with Gasteiger partial charge in [-0.2, -0.15) is 0 Å². The molecule has 0 spiro atoms. The molecule has 1 aromatic carbocycles. The van der Waals surface area contributed by atoms with Gasteiger partial charge in [0.1, 0.15) is 23.1 Å². The van der Waals surface area contributed by atoms with E-state index in [0.29, 0.717) is 24.6 Å². The van der Waals surface area contributed by atoms with Crippen molar-refractivity contribution in [3.63, 3.8) is 0 Å². The molecule has 6 nitrogen and oxygen atoms in total. The number of nitrogens with zero attached hydrogens (tertiary/aromatic N) is 1. The average molecular weight is 472 g/mol. The first-order chi connectivity index (χ1) is 15.6. The van der Waals surface area contributed by atoms with Crippen molar-refractivity contribution in [3.05, 3.63) is 45.9 Å². The van der Waals surface area contributed by atoms with E-state index in [1.807, 2.05) is 12.1 Å². The molecule has 1 aliphatic carbocycles. The smallest absolute Gasteiger partial charge is 0.270 e. The van der Waals surface area contributed by atoms with E-state index in [0.717, 1.165) is 36.4 Å². The Hall–Kier alpha value is -2.41. The number of hydrogen-bond donors (Lipinski definition) is 2. The Kier molecular flexibility index (Phi) is 8.51. The maximum Gasteiger partial charge on any atom is 0.270 e. The van der Waals surface area contributed by atoms with Crippen LogP contribution >= 0.6 is 11.3 Å². The third-order valence-electron chi connectivity index (χ3n) is 5.81. The number of ether oxygens (including phenoxy) is 1. The van der Waals surface area contributed by atoms with E-state index < -0.39 is 0 Å². The van der Waals surface area contributed by atoms with Crippen LogP contribution in [-0.2, 0) is 11.4 Å². The molecule has 2 N–H and O–H groups in total. The largest absolute Gasteiger partial charge is 0.486 e. The number of benzene rings is 1. The fourth-order valence-corrected chi connectivity index (χ4v) is 4.66. The number of thiazole rings is 1. The summed E-state index contributed by atoms with van der Waals surface area (Å²) in [6.07, 6.45) is 4.01. The lowest BCUT2D eigenvalue weighted by atomic mass is 9.89. The van der Waals surface area contributed by atoms with Crippen LogP contribution in [0.5, 0.6) is 5.75 Å². The zero-order valence-corrected chi connectivity index (χ0v) is 21.3. The van der Waals surface area contributed by atoms with Gasteiger partial charge in [0, 0.05) is 23.9 Å². The van der Waals surface area contributed by atoms with Crippen molar-refractivity contribution >= 4 is 23.2 Å². The zero-order chi connectivity index (χ0) is 24.0. The van der Waals surface area contributed by atoms with Gasteiger partial charge in [0.2, 0.25) is 5.91 Å². The highest BCUT2D eigenvalue weighted by molar-refractivity contribution is 7.09. The van der Waals surface area contributed by atoms with Gasteiger partial charge in [-0.05, 0) is 54.7 Å². The summed E-state index contributed by atoms with van der Waals surface area (Å²) in [6, 6.07) is 8.41. The SMILES string of the molecule is CC(C)c1ccc(OCc2nc(C(=O)NC3CCC(NC(=O)CC(C)(C)C)CC3)cs2)cc1. The first kappa shape index (κ1) is 25.2. The van der Waals surface area contributed by atoms with Crippen LogP contribution in [0.25, 0.3) is 0 Å². The molecule has 7 heteroatoms. The minimum absolute atomic E-state index is 0.00885. The summed E-state index contributed by atoms with van der Waals surface area (Å²) >= 11 is 1.43. The number of rotatable bonds is 8. The summed E-state index contributed by atoms with van der Waals surface area (Å²) in [6.45, 7) is 10.9. The van der Waals surface area contributed by atoms with Crippen molar-refractivity contribution in [3.8, 4) is 5.75 Å². The van der Waals surface area contributed by atoms with Gasteiger partial charge in [0.15, 0.2) is 0 Å². The van der Waals surface area contributed by atoms with E-state index in [1.165, 1.54) is 16.9 Å².